The van der Waals surface area contributed by atoms with Crippen LogP contribution in [0.15, 0.2) is 36.5 Å². The van der Waals surface area contributed by atoms with Gasteiger partial charge in [-0.05, 0) is 43.2 Å². The molecule has 4 rings (SSSR count). The first kappa shape index (κ1) is 22.7. The lowest BCUT2D eigenvalue weighted by Gasteiger charge is -2.39. The number of amides is 2. The van der Waals surface area contributed by atoms with E-state index in [4.69, 9.17) is 27.9 Å². The molecule has 0 bridgehead atoms. The summed E-state index contributed by atoms with van der Waals surface area (Å²) in [7, 11) is 1.54. The first-order chi connectivity index (χ1) is 15.5. The monoisotopic (exact) mass is 476 g/mol. The highest BCUT2D eigenvalue weighted by atomic mass is 35.5. The van der Waals surface area contributed by atoms with E-state index in [9.17, 15) is 9.59 Å². The van der Waals surface area contributed by atoms with Gasteiger partial charge in [-0.15, -0.1) is 0 Å². The van der Waals surface area contributed by atoms with Crippen LogP contribution in [-0.2, 0) is 4.79 Å². The van der Waals surface area contributed by atoms with Crippen molar-refractivity contribution in [3.05, 3.63) is 52.1 Å². The van der Waals surface area contributed by atoms with Crippen LogP contribution in [0.4, 0.5) is 5.82 Å². The molecule has 0 atom stereocenters. The molecule has 9 heteroatoms. The van der Waals surface area contributed by atoms with Crippen molar-refractivity contribution in [2.24, 2.45) is 5.92 Å². The molecule has 7 nitrogen and oxygen atoms in total. The maximum Gasteiger partial charge on any atom is 0.257 e. The summed E-state index contributed by atoms with van der Waals surface area (Å²) < 4.78 is 5.32. The number of hydrogen-bond donors (Lipinski definition) is 0. The van der Waals surface area contributed by atoms with Crippen molar-refractivity contribution in [1.82, 2.24) is 14.8 Å². The molecule has 2 aliphatic rings. The Morgan fingerprint density at radius 2 is 1.62 bits per heavy atom. The number of nitrogens with zero attached hydrogens (tertiary/aromatic N) is 4. The van der Waals surface area contributed by atoms with Crippen LogP contribution in [0.2, 0.25) is 10.0 Å². The van der Waals surface area contributed by atoms with Crippen molar-refractivity contribution in [3.8, 4) is 5.75 Å². The van der Waals surface area contributed by atoms with Crippen molar-refractivity contribution >= 4 is 40.8 Å². The third-order valence-corrected chi connectivity index (χ3v) is 6.61. The maximum absolute atomic E-state index is 13.1. The van der Waals surface area contributed by atoms with Gasteiger partial charge in [0.25, 0.3) is 5.91 Å². The van der Waals surface area contributed by atoms with E-state index in [1.165, 1.54) is 7.11 Å². The number of carbonyl (C=O) groups is 2. The zero-order valence-electron chi connectivity index (χ0n) is 18.0. The van der Waals surface area contributed by atoms with Gasteiger partial charge in [-0.3, -0.25) is 9.59 Å². The lowest BCUT2D eigenvalue weighted by molar-refractivity contribution is -0.137. The minimum Gasteiger partial charge on any atom is -0.496 e. The summed E-state index contributed by atoms with van der Waals surface area (Å²) in [5.41, 5.74) is 0.455. The van der Waals surface area contributed by atoms with Crippen LogP contribution >= 0.6 is 23.2 Å². The number of rotatable bonds is 4. The largest absolute Gasteiger partial charge is 0.496 e. The summed E-state index contributed by atoms with van der Waals surface area (Å²) in [4.78, 5) is 36.3. The SMILES string of the molecule is COc1ccc(Cl)cc1C(=O)N1CCC(C(=O)N2CCN(c3ccc(Cl)cn3)CC2)CC1. The molecule has 1 aromatic carbocycles. The topological polar surface area (TPSA) is 66.0 Å². The molecule has 0 radical (unpaired) electrons. The maximum atomic E-state index is 13.1. The molecule has 0 N–H and O–H groups in total. The number of benzene rings is 1. The van der Waals surface area contributed by atoms with Gasteiger partial charge in [-0.1, -0.05) is 23.2 Å². The normalized spacial score (nSPS) is 17.4. The second-order valence-corrected chi connectivity index (χ2v) is 8.93. The molecule has 2 amide bonds. The van der Waals surface area contributed by atoms with Crippen molar-refractivity contribution in [3.63, 3.8) is 0 Å². The predicted molar refractivity (Wildman–Crippen MR) is 125 cm³/mol. The number of carbonyl (C=O) groups excluding carboxylic acids is 2. The van der Waals surface area contributed by atoms with Crippen LogP contribution in [-0.4, -0.2) is 73.0 Å². The van der Waals surface area contributed by atoms with Crippen molar-refractivity contribution in [1.29, 1.82) is 0 Å². The third-order valence-electron chi connectivity index (χ3n) is 6.15. The van der Waals surface area contributed by atoms with E-state index in [2.05, 4.69) is 9.88 Å². The number of aromatic nitrogens is 1. The molecule has 2 aliphatic heterocycles. The van der Waals surface area contributed by atoms with Crippen LogP contribution in [0, 0.1) is 5.92 Å². The molecule has 2 aromatic rings. The number of piperazine rings is 1. The van der Waals surface area contributed by atoms with Gasteiger partial charge in [0.2, 0.25) is 5.91 Å². The predicted octanol–water partition coefficient (Wildman–Crippen LogP) is 3.60. The lowest BCUT2D eigenvalue weighted by Crippen LogP contribution is -2.52. The van der Waals surface area contributed by atoms with Gasteiger partial charge in [0.15, 0.2) is 0 Å². The fourth-order valence-electron chi connectivity index (χ4n) is 4.32. The number of halogens is 2. The Hall–Kier alpha value is -2.51. The second-order valence-electron chi connectivity index (χ2n) is 8.06. The van der Waals surface area contributed by atoms with Gasteiger partial charge < -0.3 is 19.4 Å². The lowest BCUT2D eigenvalue weighted by atomic mass is 9.94. The molecule has 32 heavy (non-hydrogen) atoms. The Balaban J connectivity index is 1.30. The van der Waals surface area contributed by atoms with Gasteiger partial charge >= 0.3 is 0 Å². The highest BCUT2D eigenvalue weighted by Gasteiger charge is 2.32. The third kappa shape index (κ3) is 4.94. The summed E-state index contributed by atoms with van der Waals surface area (Å²) in [5.74, 6) is 1.40. The standard InChI is InChI=1S/C23H26Cl2N4O3/c1-32-20-4-2-17(24)14-19(20)23(31)28-8-6-16(7-9-28)22(30)29-12-10-27(11-13-29)21-5-3-18(25)15-26-21/h2-5,14-16H,6-13H2,1H3. The van der Waals surface area contributed by atoms with E-state index >= 15 is 0 Å². The Bertz CT molecular complexity index is 970. The number of hydrogen-bond acceptors (Lipinski definition) is 5. The van der Waals surface area contributed by atoms with E-state index in [1.807, 2.05) is 17.0 Å². The molecule has 170 valence electrons. The molecule has 0 spiro atoms. The molecular formula is C23H26Cl2N4O3. The Kier molecular flexibility index (Phi) is 7.06. The molecule has 0 unspecified atom stereocenters. The van der Waals surface area contributed by atoms with Gasteiger partial charge in [0.05, 0.1) is 17.7 Å². The van der Waals surface area contributed by atoms with Crippen molar-refractivity contribution < 1.29 is 14.3 Å². The summed E-state index contributed by atoms with van der Waals surface area (Å²) in [5, 5.41) is 1.10. The van der Waals surface area contributed by atoms with E-state index in [-0.39, 0.29) is 17.7 Å². The number of piperidine rings is 1. The molecular weight excluding hydrogens is 451 g/mol. The average Bonchev–Trinajstić information content (AvgIpc) is 2.84. The quantitative estimate of drug-likeness (QED) is 0.674. The average molecular weight is 477 g/mol. The summed E-state index contributed by atoms with van der Waals surface area (Å²) in [6.07, 6.45) is 2.96. The first-order valence-electron chi connectivity index (χ1n) is 10.7. The molecule has 0 saturated carbocycles. The molecule has 2 fully saturated rings. The molecule has 2 saturated heterocycles. The van der Waals surface area contributed by atoms with E-state index in [0.29, 0.717) is 60.4 Å². The van der Waals surface area contributed by atoms with Crippen LogP contribution in [0.5, 0.6) is 5.75 Å². The summed E-state index contributed by atoms with van der Waals surface area (Å²) in [6, 6.07) is 8.77. The van der Waals surface area contributed by atoms with Crippen LogP contribution in [0.25, 0.3) is 0 Å². The molecule has 3 heterocycles. The summed E-state index contributed by atoms with van der Waals surface area (Å²) in [6.45, 7) is 3.90. The first-order valence-corrected chi connectivity index (χ1v) is 11.5. The highest BCUT2D eigenvalue weighted by Crippen LogP contribution is 2.27. The van der Waals surface area contributed by atoms with E-state index < -0.39 is 0 Å². The number of likely N-dealkylation sites (tertiary alicyclic amines) is 1. The fourth-order valence-corrected chi connectivity index (χ4v) is 4.60. The van der Waals surface area contributed by atoms with E-state index in [1.54, 1.807) is 29.3 Å². The summed E-state index contributed by atoms with van der Waals surface area (Å²) >= 11 is 12.0. The minimum absolute atomic E-state index is 0.0551. The van der Waals surface area contributed by atoms with Crippen molar-refractivity contribution in [2.45, 2.75) is 12.8 Å². The van der Waals surface area contributed by atoms with E-state index in [0.717, 1.165) is 18.9 Å². The van der Waals surface area contributed by atoms with Crippen LogP contribution in [0.3, 0.4) is 0 Å². The smallest absolute Gasteiger partial charge is 0.257 e. The minimum atomic E-state index is -0.112. The Morgan fingerprint density at radius 3 is 2.25 bits per heavy atom. The zero-order chi connectivity index (χ0) is 22.7. The van der Waals surface area contributed by atoms with Gasteiger partial charge in [0, 0.05) is 56.4 Å². The molecule has 1 aromatic heterocycles. The van der Waals surface area contributed by atoms with Crippen LogP contribution < -0.4 is 9.64 Å². The van der Waals surface area contributed by atoms with Gasteiger partial charge in [-0.25, -0.2) is 4.98 Å². The number of anilines is 1. The van der Waals surface area contributed by atoms with Gasteiger partial charge in [0.1, 0.15) is 11.6 Å². The van der Waals surface area contributed by atoms with Crippen LogP contribution in [0.1, 0.15) is 23.2 Å². The highest BCUT2D eigenvalue weighted by molar-refractivity contribution is 6.31. The van der Waals surface area contributed by atoms with Crippen molar-refractivity contribution in [2.75, 3.05) is 51.3 Å². The number of pyridine rings is 1. The fraction of sp³-hybridized carbons (Fsp3) is 0.435. The van der Waals surface area contributed by atoms with Gasteiger partial charge in [-0.2, -0.15) is 0 Å². The molecule has 0 aliphatic carbocycles. The number of methoxy groups -OCH3 is 1. The zero-order valence-corrected chi connectivity index (χ0v) is 19.5. The number of ether oxygens (including phenoxy) is 1. The second kappa shape index (κ2) is 9.96. The Labute approximate surface area is 197 Å². The Morgan fingerprint density at radius 1 is 0.938 bits per heavy atom.